The molecule has 13 heavy (non-hydrogen) atoms. The second kappa shape index (κ2) is 2.42. The van der Waals surface area contributed by atoms with Crippen molar-refractivity contribution in [2.24, 2.45) is 0 Å². The van der Waals surface area contributed by atoms with Crippen LogP contribution in [0.5, 0.6) is 0 Å². The van der Waals surface area contributed by atoms with Crippen molar-refractivity contribution in [3.8, 4) is 0 Å². The molecule has 0 spiro atoms. The fraction of sp³-hybridized carbons (Fsp3) is 0.556. The molecule has 0 radical (unpaired) electrons. The number of carbonyl (C=O) groups excluding carboxylic acids is 2. The number of nitrogens with one attached hydrogen (secondary N) is 1. The summed E-state index contributed by atoms with van der Waals surface area (Å²) < 4.78 is 0. The molecule has 0 aromatic rings. The van der Waals surface area contributed by atoms with Crippen LogP contribution in [0.25, 0.3) is 0 Å². The van der Waals surface area contributed by atoms with Crippen molar-refractivity contribution >= 4 is 11.8 Å². The minimum Gasteiger partial charge on any atom is -0.312 e. The molecule has 1 fully saturated rings. The largest absolute Gasteiger partial charge is 0.312 e. The molecule has 0 saturated carbocycles. The highest BCUT2D eigenvalue weighted by atomic mass is 16.2. The molecule has 70 valence electrons. The Hall–Kier alpha value is -1.16. The minimum atomic E-state index is -0.303. The lowest BCUT2D eigenvalue weighted by Gasteiger charge is -2.45. The molecule has 2 aliphatic rings. The van der Waals surface area contributed by atoms with Gasteiger partial charge >= 0.3 is 0 Å². The van der Waals surface area contributed by atoms with Crippen molar-refractivity contribution in [3.63, 3.8) is 0 Å². The molecule has 1 N–H and O–H groups in total. The van der Waals surface area contributed by atoms with Gasteiger partial charge in [-0.2, -0.15) is 0 Å². The fourth-order valence-electron chi connectivity index (χ4n) is 1.74. The number of amides is 2. The van der Waals surface area contributed by atoms with Crippen molar-refractivity contribution < 1.29 is 9.59 Å². The molecule has 0 atom stereocenters. The molecular weight excluding hydrogens is 168 g/mol. The third kappa shape index (κ3) is 1.02. The van der Waals surface area contributed by atoms with Crippen molar-refractivity contribution in [1.82, 2.24) is 10.2 Å². The van der Waals surface area contributed by atoms with Crippen molar-refractivity contribution in [2.75, 3.05) is 13.1 Å². The zero-order valence-electron chi connectivity index (χ0n) is 7.76. The molecule has 2 rings (SSSR count). The van der Waals surface area contributed by atoms with E-state index in [1.807, 2.05) is 6.92 Å². The van der Waals surface area contributed by atoms with Crippen LogP contribution in [0.4, 0.5) is 0 Å². The number of carbonyl (C=O) groups is 2. The van der Waals surface area contributed by atoms with E-state index in [0.717, 1.165) is 0 Å². The van der Waals surface area contributed by atoms with Gasteiger partial charge in [0.05, 0.1) is 5.54 Å². The summed E-state index contributed by atoms with van der Waals surface area (Å²) in [6, 6.07) is 0. The average molecular weight is 180 g/mol. The third-order valence-electron chi connectivity index (χ3n) is 2.65. The molecule has 4 nitrogen and oxygen atoms in total. The Morgan fingerprint density at radius 1 is 1.46 bits per heavy atom. The summed E-state index contributed by atoms with van der Waals surface area (Å²) in [5, 5.41) is 3.07. The van der Waals surface area contributed by atoms with Gasteiger partial charge in [0.15, 0.2) is 0 Å². The zero-order chi connectivity index (χ0) is 9.64. The highest BCUT2D eigenvalue weighted by Crippen LogP contribution is 2.26. The van der Waals surface area contributed by atoms with E-state index in [9.17, 15) is 9.59 Å². The number of rotatable bonds is 1. The second-order valence-electron chi connectivity index (χ2n) is 3.91. The Balaban J connectivity index is 2.27. The topological polar surface area (TPSA) is 49.4 Å². The smallest absolute Gasteiger partial charge is 0.257 e. The zero-order valence-corrected chi connectivity index (χ0v) is 7.76. The van der Waals surface area contributed by atoms with Crippen LogP contribution in [0, 0.1) is 0 Å². The van der Waals surface area contributed by atoms with Crippen LogP contribution in [-0.2, 0) is 9.59 Å². The maximum atomic E-state index is 11.6. The highest BCUT2D eigenvalue weighted by Gasteiger charge is 2.46. The highest BCUT2D eigenvalue weighted by molar-refractivity contribution is 6.16. The second-order valence-corrected chi connectivity index (χ2v) is 3.91. The van der Waals surface area contributed by atoms with E-state index >= 15 is 0 Å². The number of hydrogen-bond acceptors (Lipinski definition) is 3. The first-order chi connectivity index (χ1) is 6.04. The molecule has 2 aliphatic heterocycles. The van der Waals surface area contributed by atoms with Crippen LogP contribution >= 0.6 is 0 Å². The van der Waals surface area contributed by atoms with E-state index in [-0.39, 0.29) is 17.4 Å². The summed E-state index contributed by atoms with van der Waals surface area (Å²) in [5.41, 5.74) is 0.237. The van der Waals surface area contributed by atoms with E-state index in [2.05, 4.69) is 5.32 Å². The molecule has 2 amide bonds. The Morgan fingerprint density at radius 2 is 2.08 bits per heavy atom. The molecule has 0 aliphatic carbocycles. The van der Waals surface area contributed by atoms with Gasteiger partial charge in [-0.05, 0) is 13.8 Å². The normalized spacial score (nSPS) is 26.0. The summed E-state index contributed by atoms with van der Waals surface area (Å²) in [7, 11) is 0. The Morgan fingerprint density at radius 3 is 2.38 bits per heavy atom. The van der Waals surface area contributed by atoms with Crippen LogP contribution in [0.3, 0.4) is 0 Å². The van der Waals surface area contributed by atoms with Crippen LogP contribution in [-0.4, -0.2) is 35.3 Å². The molecule has 0 bridgehead atoms. The van der Waals surface area contributed by atoms with E-state index < -0.39 is 0 Å². The fourth-order valence-corrected chi connectivity index (χ4v) is 1.74. The van der Waals surface area contributed by atoms with E-state index in [0.29, 0.717) is 18.7 Å². The molecule has 1 saturated heterocycles. The first-order valence-corrected chi connectivity index (χ1v) is 4.32. The van der Waals surface area contributed by atoms with Crippen molar-refractivity contribution in [2.45, 2.75) is 19.4 Å². The van der Waals surface area contributed by atoms with Crippen LogP contribution in [0.1, 0.15) is 13.8 Å². The minimum absolute atomic E-state index is 0.144. The van der Waals surface area contributed by atoms with Crippen molar-refractivity contribution in [3.05, 3.63) is 11.6 Å². The maximum Gasteiger partial charge on any atom is 0.257 e. The van der Waals surface area contributed by atoms with Gasteiger partial charge in [-0.1, -0.05) is 0 Å². The third-order valence-corrected chi connectivity index (χ3v) is 2.65. The lowest BCUT2D eigenvalue weighted by molar-refractivity contribution is -0.145. The summed E-state index contributed by atoms with van der Waals surface area (Å²) >= 11 is 0. The van der Waals surface area contributed by atoms with Gasteiger partial charge in [0.25, 0.3) is 11.8 Å². The van der Waals surface area contributed by atoms with Gasteiger partial charge in [-0.3, -0.25) is 14.5 Å². The number of imide groups is 1. The average Bonchev–Trinajstić information content (AvgIpc) is 2.23. The predicted octanol–water partition coefficient (Wildman–Crippen LogP) is -0.337. The van der Waals surface area contributed by atoms with Crippen molar-refractivity contribution in [1.29, 1.82) is 0 Å². The lowest BCUT2D eigenvalue weighted by Crippen LogP contribution is -2.68. The van der Waals surface area contributed by atoms with Crippen LogP contribution in [0.15, 0.2) is 11.6 Å². The van der Waals surface area contributed by atoms with Gasteiger partial charge in [0.1, 0.15) is 0 Å². The van der Waals surface area contributed by atoms with E-state index in [4.69, 9.17) is 0 Å². The summed E-state index contributed by atoms with van der Waals surface area (Å²) in [6.45, 7) is 5.00. The van der Waals surface area contributed by atoms with E-state index in [1.54, 1.807) is 6.92 Å². The maximum absolute atomic E-state index is 11.6. The van der Waals surface area contributed by atoms with Gasteiger partial charge in [-0.15, -0.1) is 0 Å². The number of hydrogen-bond donors (Lipinski definition) is 1. The molecule has 2 heterocycles. The molecule has 0 aromatic heterocycles. The van der Waals surface area contributed by atoms with Gasteiger partial charge in [0.2, 0.25) is 0 Å². The molecule has 0 aromatic carbocycles. The molecular formula is C9H12N2O2. The first-order valence-electron chi connectivity index (χ1n) is 4.32. The van der Waals surface area contributed by atoms with Gasteiger partial charge in [-0.25, -0.2) is 0 Å². The lowest BCUT2D eigenvalue weighted by atomic mass is 9.93. The SMILES string of the molecule is CC1=CC(=O)N(C2(C)CNC2)C1=O. The quantitative estimate of drug-likeness (QED) is 0.562. The van der Waals surface area contributed by atoms with Crippen LogP contribution in [0.2, 0.25) is 0 Å². The standard InChI is InChI=1S/C9H12N2O2/c1-6-3-7(12)11(8(6)13)9(2)4-10-5-9/h3,10H,4-5H2,1-2H3. The number of nitrogens with zero attached hydrogens (tertiary/aromatic N) is 1. The monoisotopic (exact) mass is 180 g/mol. The predicted molar refractivity (Wildman–Crippen MR) is 46.9 cm³/mol. The Kier molecular flexibility index (Phi) is 1.57. The Bertz CT molecular complexity index is 316. The molecule has 4 heteroatoms. The van der Waals surface area contributed by atoms with Gasteiger partial charge < -0.3 is 5.32 Å². The van der Waals surface area contributed by atoms with Crippen LogP contribution < -0.4 is 5.32 Å². The summed E-state index contributed by atoms with van der Waals surface area (Å²) in [4.78, 5) is 24.4. The molecule has 0 unspecified atom stereocenters. The van der Waals surface area contributed by atoms with Gasteiger partial charge in [0, 0.05) is 24.7 Å². The summed E-state index contributed by atoms with van der Waals surface area (Å²) in [5.74, 6) is -0.319. The first kappa shape index (κ1) is 8.44. The summed E-state index contributed by atoms with van der Waals surface area (Å²) in [6.07, 6.45) is 1.41. The Labute approximate surface area is 76.6 Å². The van der Waals surface area contributed by atoms with E-state index in [1.165, 1.54) is 11.0 Å².